The van der Waals surface area contributed by atoms with Crippen LogP contribution in [0.25, 0.3) is 0 Å². The summed E-state index contributed by atoms with van der Waals surface area (Å²) >= 11 is 0. The van der Waals surface area contributed by atoms with Crippen LogP contribution in [-0.2, 0) is 14.3 Å². The van der Waals surface area contributed by atoms with Crippen LogP contribution >= 0.6 is 0 Å². The van der Waals surface area contributed by atoms with Gasteiger partial charge in [-0.1, -0.05) is 27.4 Å². The van der Waals surface area contributed by atoms with Crippen molar-refractivity contribution in [2.45, 2.75) is 62.9 Å². The molecule has 0 radical (unpaired) electrons. The quantitative estimate of drug-likeness (QED) is 0.410. The molecule has 4 rings (SSSR count). The lowest BCUT2D eigenvalue weighted by atomic mass is 9.61. The van der Waals surface area contributed by atoms with Gasteiger partial charge in [-0.15, -0.1) is 0 Å². The van der Waals surface area contributed by atoms with Crippen molar-refractivity contribution >= 4 is 5.97 Å². The van der Waals surface area contributed by atoms with Crippen molar-refractivity contribution in [2.75, 3.05) is 0 Å². The summed E-state index contributed by atoms with van der Waals surface area (Å²) in [7, 11) is 0. The standard InChI is InChI=1S/C15H20O4/c1-8-5-6-13(17)9(2)10(16)18-14(13)7-12(3,4)11-15(8,14)19-11/h8,11,17H,2,5-7H2,1,3-4H3/t8-,11-,13+,14+,15-/m0/s1. The van der Waals surface area contributed by atoms with Gasteiger partial charge in [-0.25, -0.2) is 4.79 Å². The molecular formula is C15H20O4. The summed E-state index contributed by atoms with van der Waals surface area (Å²) in [6, 6.07) is 0. The van der Waals surface area contributed by atoms with Crippen LogP contribution in [0.3, 0.4) is 0 Å². The first-order valence-electron chi connectivity index (χ1n) is 7.04. The Morgan fingerprint density at radius 3 is 2.74 bits per heavy atom. The van der Waals surface area contributed by atoms with Crippen molar-refractivity contribution in [3.05, 3.63) is 12.2 Å². The van der Waals surface area contributed by atoms with E-state index in [-0.39, 0.29) is 17.1 Å². The van der Waals surface area contributed by atoms with Gasteiger partial charge in [-0.3, -0.25) is 0 Å². The maximum absolute atomic E-state index is 12.0. The van der Waals surface area contributed by atoms with Crippen LogP contribution in [0, 0.1) is 11.3 Å². The van der Waals surface area contributed by atoms with Gasteiger partial charge in [0.25, 0.3) is 0 Å². The molecule has 104 valence electrons. The molecule has 1 N–H and O–H groups in total. The lowest BCUT2D eigenvalue weighted by Crippen LogP contribution is -2.64. The first-order valence-corrected chi connectivity index (χ1v) is 7.04. The summed E-state index contributed by atoms with van der Waals surface area (Å²) in [6.45, 7) is 10.2. The maximum Gasteiger partial charge on any atom is 0.337 e. The highest BCUT2D eigenvalue weighted by atomic mass is 16.7. The largest absolute Gasteiger partial charge is 0.449 e. The zero-order valence-corrected chi connectivity index (χ0v) is 11.7. The van der Waals surface area contributed by atoms with Crippen LogP contribution < -0.4 is 0 Å². The molecule has 0 aromatic carbocycles. The van der Waals surface area contributed by atoms with E-state index in [1.807, 2.05) is 0 Å². The van der Waals surface area contributed by atoms with E-state index < -0.39 is 22.8 Å². The summed E-state index contributed by atoms with van der Waals surface area (Å²) in [6.07, 6.45) is 2.09. The first kappa shape index (κ1) is 11.9. The smallest absolute Gasteiger partial charge is 0.337 e. The summed E-state index contributed by atoms with van der Waals surface area (Å²) in [5.74, 6) is -0.166. The predicted molar refractivity (Wildman–Crippen MR) is 67.3 cm³/mol. The number of ether oxygens (including phenoxy) is 2. The molecule has 2 aliphatic heterocycles. The lowest BCUT2D eigenvalue weighted by Gasteiger charge is -2.49. The second kappa shape index (κ2) is 2.77. The van der Waals surface area contributed by atoms with Crippen molar-refractivity contribution in [2.24, 2.45) is 11.3 Å². The monoisotopic (exact) mass is 264 g/mol. The minimum absolute atomic E-state index is 0.0699. The highest BCUT2D eigenvalue weighted by Crippen LogP contribution is 2.75. The molecule has 2 spiro atoms. The maximum atomic E-state index is 12.0. The second-order valence-corrected chi connectivity index (χ2v) is 7.45. The number of esters is 1. The third kappa shape index (κ3) is 0.924. The van der Waals surface area contributed by atoms with E-state index in [9.17, 15) is 9.90 Å². The van der Waals surface area contributed by atoms with Crippen LogP contribution in [-0.4, -0.2) is 34.0 Å². The Labute approximate surface area is 112 Å². The summed E-state index contributed by atoms with van der Waals surface area (Å²) in [5.41, 5.74) is -2.54. The molecule has 4 heteroatoms. The van der Waals surface area contributed by atoms with Crippen LogP contribution in [0.15, 0.2) is 12.2 Å². The summed E-state index contributed by atoms with van der Waals surface area (Å²) in [4.78, 5) is 12.0. The van der Waals surface area contributed by atoms with Gasteiger partial charge in [0.2, 0.25) is 0 Å². The normalized spacial score (nSPS) is 57.3. The van der Waals surface area contributed by atoms with Gasteiger partial charge >= 0.3 is 5.97 Å². The van der Waals surface area contributed by atoms with Gasteiger partial charge in [0.1, 0.15) is 11.2 Å². The molecule has 0 aromatic heterocycles. The molecule has 0 amide bonds. The minimum Gasteiger partial charge on any atom is -0.449 e. The molecule has 2 aliphatic carbocycles. The number of aliphatic hydroxyl groups is 1. The van der Waals surface area contributed by atoms with Crippen molar-refractivity contribution in [3.8, 4) is 0 Å². The molecule has 0 bridgehead atoms. The van der Waals surface area contributed by atoms with E-state index in [1.165, 1.54) is 0 Å². The second-order valence-electron chi connectivity index (χ2n) is 7.45. The van der Waals surface area contributed by atoms with Crippen LogP contribution in [0.2, 0.25) is 0 Å². The average molecular weight is 264 g/mol. The molecule has 5 atom stereocenters. The molecule has 0 aromatic rings. The van der Waals surface area contributed by atoms with Gasteiger partial charge in [-0.05, 0) is 24.2 Å². The van der Waals surface area contributed by atoms with Gasteiger partial charge in [-0.2, -0.15) is 0 Å². The lowest BCUT2D eigenvalue weighted by molar-refractivity contribution is -0.203. The number of hydrogen-bond acceptors (Lipinski definition) is 4. The summed E-state index contributed by atoms with van der Waals surface area (Å²) < 4.78 is 11.8. The van der Waals surface area contributed by atoms with Crippen molar-refractivity contribution in [1.82, 2.24) is 0 Å². The SMILES string of the molecule is C=C1C(=O)O[C@@]23CC(C)(C)[C@@H]4O[C@@]42[C@@H](C)CC[C@@]13O. The Bertz CT molecular complexity index is 524. The molecule has 2 heterocycles. The number of carbonyl (C=O) groups is 1. The fourth-order valence-electron chi connectivity index (χ4n) is 5.15. The molecular weight excluding hydrogens is 244 g/mol. The van der Waals surface area contributed by atoms with Crippen LogP contribution in [0.4, 0.5) is 0 Å². The fourth-order valence-corrected chi connectivity index (χ4v) is 5.15. The Morgan fingerprint density at radius 2 is 2.11 bits per heavy atom. The third-order valence-corrected chi connectivity index (χ3v) is 6.04. The topological polar surface area (TPSA) is 59.1 Å². The van der Waals surface area contributed by atoms with Crippen LogP contribution in [0.1, 0.15) is 40.0 Å². The average Bonchev–Trinajstić information content (AvgIpc) is 3.00. The molecule has 4 aliphatic rings. The number of rotatable bonds is 0. The van der Waals surface area contributed by atoms with E-state index in [0.717, 1.165) is 6.42 Å². The van der Waals surface area contributed by atoms with E-state index in [2.05, 4.69) is 27.4 Å². The highest BCUT2D eigenvalue weighted by molar-refractivity contribution is 5.94. The number of epoxide rings is 1. The minimum atomic E-state index is -1.25. The van der Waals surface area contributed by atoms with Gasteiger partial charge in [0, 0.05) is 6.42 Å². The zero-order chi connectivity index (χ0) is 13.8. The Kier molecular flexibility index (Phi) is 1.74. The van der Waals surface area contributed by atoms with Crippen molar-refractivity contribution in [1.29, 1.82) is 0 Å². The molecule has 0 unspecified atom stereocenters. The molecule has 2 saturated carbocycles. The van der Waals surface area contributed by atoms with E-state index >= 15 is 0 Å². The van der Waals surface area contributed by atoms with Gasteiger partial charge < -0.3 is 14.6 Å². The van der Waals surface area contributed by atoms with E-state index in [0.29, 0.717) is 18.8 Å². The zero-order valence-electron chi connectivity index (χ0n) is 11.7. The Balaban J connectivity index is 1.96. The highest BCUT2D eigenvalue weighted by Gasteiger charge is 2.90. The van der Waals surface area contributed by atoms with Crippen molar-refractivity contribution in [3.63, 3.8) is 0 Å². The first-order chi connectivity index (χ1) is 8.71. The Hall–Kier alpha value is -0.870. The fraction of sp³-hybridized carbons (Fsp3) is 0.800. The molecule has 4 fully saturated rings. The summed E-state index contributed by atoms with van der Waals surface area (Å²) in [5, 5.41) is 11.1. The predicted octanol–water partition coefficient (Wildman–Crippen LogP) is 1.57. The van der Waals surface area contributed by atoms with Crippen LogP contribution in [0.5, 0.6) is 0 Å². The van der Waals surface area contributed by atoms with E-state index in [4.69, 9.17) is 9.47 Å². The number of hydrogen-bond donors (Lipinski definition) is 1. The molecule has 19 heavy (non-hydrogen) atoms. The third-order valence-electron chi connectivity index (χ3n) is 6.04. The van der Waals surface area contributed by atoms with Gasteiger partial charge in [0.15, 0.2) is 5.60 Å². The van der Waals surface area contributed by atoms with Crippen molar-refractivity contribution < 1.29 is 19.4 Å². The van der Waals surface area contributed by atoms with E-state index in [1.54, 1.807) is 0 Å². The number of carbonyl (C=O) groups excluding carboxylic acids is 1. The molecule has 2 saturated heterocycles. The van der Waals surface area contributed by atoms with Gasteiger partial charge in [0.05, 0.1) is 11.7 Å². The molecule has 4 nitrogen and oxygen atoms in total. The Morgan fingerprint density at radius 1 is 1.42 bits per heavy atom.